The van der Waals surface area contributed by atoms with Crippen LogP contribution in [-0.4, -0.2) is 17.9 Å². The second-order valence-electron chi connectivity index (χ2n) is 3.70. The van der Waals surface area contributed by atoms with Gasteiger partial charge in [-0.3, -0.25) is 15.2 Å². The van der Waals surface area contributed by atoms with E-state index in [4.69, 9.17) is 11.6 Å². The van der Waals surface area contributed by atoms with Crippen molar-refractivity contribution in [3.63, 3.8) is 0 Å². The molecule has 2 aromatic rings. The van der Waals surface area contributed by atoms with Crippen LogP contribution in [0.25, 0.3) is 0 Å². The third-order valence-corrected chi connectivity index (χ3v) is 2.58. The number of carbonyl (C=O) groups excluding carboxylic acids is 1. The number of benzene rings is 1. The van der Waals surface area contributed by atoms with Crippen molar-refractivity contribution >= 4 is 23.3 Å². The van der Waals surface area contributed by atoms with Crippen molar-refractivity contribution in [3.8, 4) is 0 Å². The largest absolute Gasteiger partial charge is 0.271 e. The van der Waals surface area contributed by atoms with E-state index in [0.29, 0.717) is 16.4 Å². The first-order chi connectivity index (χ1) is 8.66. The second-order valence-corrected chi connectivity index (χ2v) is 4.13. The maximum absolute atomic E-state index is 11.9. The monoisotopic (exact) mass is 261 g/mol. The Balaban J connectivity index is 2.08. The fourth-order valence-electron chi connectivity index (χ4n) is 1.46. The third-order valence-electron chi connectivity index (χ3n) is 2.35. The molecular formula is C13H12ClN3O. The molecule has 0 radical (unpaired) electrons. The minimum Gasteiger partial charge on any atom is -0.271 e. The summed E-state index contributed by atoms with van der Waals surface area (Å²) in [5.74, 6) is 0.429. The molecule has 0 aliphatic carbocycles. The third kappa shape index (κ3) is 2.99. The van der Waals surface area contributed by atoms with Crippen LogP contribution in [0.4, 0.5) is 5.82 Å². The summed E-state index contributed by atoms with van der Waals surface area (Å²) < 4.78 is 0. The topological polar surface area (TPSA) is 45.2 Å². The number of hydrazine groups is 1. The molecule has 0 bridgehead atoms. The predicted molar refractivity (Wildman–Crippen MR) is 71.6 cm³/mol. The number of hydrogen-bond donors (Lipinski definition) is 1. The number of nitrogens with one attached hydrogen (secondary N) is 1. The summed E-state index contributed by atoms with van der Waals surface area (Å²) in [5, 5.41) is 2.09. The first-order valence-corrected chi connectivity index (χ1v) is 5.76. The van der Waals surface area contributed by atoms with E-state index in [-0.39, 0.29) is 5.91 Å². The van der Waals surface area contributed by atoms with E-state index in [1.165, 1.54) is 0 Å². The maximum atomic E-state index is 11.9. The van der Waals surface area contributed by atoms with Gasteiger partial charge in [0.25, 0.3) is 5.91 Å². The Hall–Kier alpha value is -2.07. The molecule has 0 atom stereocenters. The fourth-order valence-corrected chi connectivity index (χ4v) is 1.65. The zero-order valence-electron chi connectivity index (χ0n) is 9.80. The molecule has 1 amide bonds. The summed E-state index contributed by atoms with van der Waals surface area (Å²) in [7, 11) is 1.73. The van der Waals surface area contributed by atoms with Gasteiger partial charge < -0.3 is 0 Å². The highest BCUT2D eigenvalue weighted by Gasteiger charge is 2.09. The zero-order chi connectivity index (χ0) is 13.0. The van der Waals surface area contributed by atoms with Crippen molar-refractivity contribution in [1.82, 2.24) is 10.4 Å². The Morgan fingerprint density at radius 2 is 2.11 bits per heavy atom. The molecule has 0 aliphatic rings. The number of pyridine rings is 1. The van der Waals surface area contributed by atoms with Gasteiger partial charge in [0.1, 0.15) is 5.82 Å². The zero-order valence-corrected chi connectivity index (χ0v) is 10.6. The van der Waals surface area contributed by atoms with Crippen LogP contribution in [-0.2, 0) is 0 Å². The highest BCUT2D eigenvalue weighted by molar-refractivity contribution is 6.30. The Kier molecular flexibility index (Phi) is 3.79. The van der Waals surface area contributed by atoms with Gasteiger partial charge in [-0.2, -0.15) is 0 Å². The summed E-state index contributed by atoms with van der Waals surface area (Å²) in [5.41, 5.74) is 3.22. The number of hydrogen-bond acceptors (Lipinski definition) is 3. The highest BCUT2D eigenvalue weighted by Crippen LogP contribution is 2.11. The molecule has 4 nitrogen and oxygen atoms in total. The lowest BCUT2D eigenvalue weighted by Crippen LogP contribution is -2.39. The quantitative estimate of drug-likeness (QED) is 0.864. The van der Waals surface area contributed by atoms with Crippen LogP contribution in [0.1, 0.15) is 10.4 Å². The number of carbonyl (C=O) groups is 1. The van der Waals surface area contributed by atoms with Crippen molar-refractivity contribution in [3.05, 3.63) is 59.2 Å². The Bertz CT molecular complexity index is 545. The second kappa shape index (κ2) is 5.51. The summed E-state index contributed by atoms with van der Waals surface area (Å²) in [6.45, 7) is 0. The smallest absolute Gasteiger partial charge is 0.269 e. The minimum absolute atomic E-state index is 0.231. The molecule has 1 aromatic carbocycles. The van der Waals surface area contributed by atoms with Crippen LogP contribution in [0.2, 0.25) is 5.02 Å². The maximum Gasteiger partial charge on any atom is 0.269 e. The molecular weight excluding hydrogens is 250 g/mol. The molecule has 0 saturated carbocycles. The van der Waals surface area contributed by atoms with Gasteiger partial charge in [0.2, 0.25) is 0 Å². The first kappa shape index (κ1) is 12.4. The molecule has 92 valence electrons. The van der Waals surface area contributed by atoms with Gasteiger partial charge in [0.15, 0.2) is 0 Å². The lowest BCUT2D eigenvalue weighted by atomic mass is 10.2. The number of nitrogens with zero attached hydrogens (tertiary/aromatic N) is 2. The Morgan fingerprint density at radius 1 is 1.28 bits per heavy atom. The molecule has 0 aliphatic heterocycles. The molecule has 2 rings (SSSR count). The van der Waals surface area contributed by atoms with Crippen LogP contribution in [0, 0.1) is 0 Å². The van der Waals surface area contributed by atoms with Crippen LogP contribution in [0.5, 0.6) is 0 Å². The standard InChI is InChI=1S/C13H12ClN3O/c1-17(12-7-2-3-8-15-12)16-13(18)10-5-4-6-11(14)9-10/h2-9H,1H3,(H,16,18). The minimum atomic E-state index is -0.231. The molecule has 0 saturated heterocycles. The van der Waals surface area contributed by atoms with Crippen molar-refractivity contribution in [1.29, 1.82) is 0 Å². The number of rotatable bonds is 3. The fraction of sp³-hybridized carbons (Fsp3) is 0.0769. The van der Waals surface area contributed by atoms with Crippen molar-refractivity contribution < 1.29 is 4.79 Å². The molecule has 1 heterocycles. The highest BCUT2D eigenvalue weighted by atomic mass is 35.5. The Morgan fingerprint density at radius 3 is 2.78 bits per heavy atom. The molecule has 0 spiro atoms. The van der Waals surface area contributed by atoms with E-state index in [0.717, 1.165) is 0 Å². The number of halogens is 1. The molecule has 1 N–H and O–H groups in total. The van der Waals surface area contributed by atoms with Crippen molar-refractivity contribution in [2.45, 2.75) is 0 Å². The molecule has 1 aromatic heterocycles. The van der Waals surface area contributed by atoms with Gasteiger partial charge in [0.05, 0.1) is 0 Å². The Labute approximate surface area is 110 Å². The van der Waals surface area contributed by atoms with Gasteiger partial charge >= 0.3 is 0 Å². The van der Waals surface area contributed by atoms with E-state index < -0.39 is 0 Å². The average molecular weight is 262 g/mol. The SMILES string of the molecule is CN(NC(=O)c1cccc(Cl)c1)c1ccccn1. The van der Waals surface area contributed by atoms with Crippen LogP contribution in [0.3, 0.4) is 0 Å². The van der Waals surface area contributed by atoms with Crippen LogP contribution >= 0.6 is 11.6 Å². The van der Waals surface area contributed by atoms with E-state index >= 15 is 0 Å². The predicted octanol–water partition coefficient (Wildman–Crippen LogP) is 2.52. The van der Waals surface area contributed by atoms with Crippen LogP contribution in [0.15, 0.2) is 48.7 Å². The van der Waals surface area contributed by atoms with E-state index in [9.17, 15) is 4.79 Å². The molecule has 5 heteroatoms. The molecule has 0 unspecified atom stereocenters. The summed E-state index contributed by atoms with van der Waals surface area (Å²) >= 11 is 5.84. The first-order valence-electron chi connectivity index (χ1n) is 5.38. The van der Waals surface area contributed by atoms with Crippen molar-refractivity contribution in [2.24, 2.45) is 0 Å². The summed E-state index contributed by atoms with van der Waals surface area (Å²) in [6, 6.07) is 12.2. The summed E-state index contributed by atoms with van der Waals surface area (Å²) in [4.78, 5) is 16.1. The van der Waals surface area contributed by atoms with E-state index in [2.05, 4.69) is 10.4 Å². The van der Waals surface area contributed by atoms with Crippen LogP contribution < -0.4 is 10.4 Å². The van der Waals surface area contributed by atoms with Crippen molar-refractivity contribution in [2.75, 3.05) is 12.1 Å². The van der Waals surface area contributed by atoms with Gasteiger partial charge in [-0.05, 0) is 30.3 Å². The van der Waals surface area contributed by atoms with Gasteiger partial charge in [-0.15, -0.1) is 0 Å². The molecule has 0 fully saturated rings. The van der Waals surface area contributed by atoms with E-state index in [1.54, 1.807) is 48.6 Å². The van der Waals surface area contributed by atoms with Gasteiger partial charge in [-0.25, -0.2) is 4.98 Å². The van der Waals surface area contributed by atoms with Gasteiger partial charge in [0, 0.05) is 23.8 Å². The number of aromatic nitrogens is 1. The van der Waals surface area contributed by atoms with Gasteiger partial charge in [-0.1, -0.05) is 23.7 Å². The van der Waals surface area contributed by atoms with E-state index in [1.807, 2.05) is 12.1 Å². The normalized spacial score (nSPS) is 9.89. The average Bonchev–Trinajstić information content (AvgIpc) is 2.39. The summed E-state index contributed by atoms with van der Waals surface area (Å²) in [6.07, 6.45) is 1.66. The number of anilines is 1. The molecule has 18 heavy (non-hydrogen) atoms. The lowest BCUT2D eigenvalue weighted by molar-refractivity contribution is 0.0951. The number of amides is 1. The lowest BCUT2D eigenvalue weighted by Gasteiger charge is -2.18.